The smallest absolute Gasteiger partial charge is 0.253 e. The highest BCUT2D eigenvalue weighted by molar-refractivity contribution is 7.98. The minimum Gasteiger partial charge on any atom is -0.493 e. The van der Waals surface area contributed by atoms with Crippen LogP contribution in [0.1, 0.15) is 16.8 Å². The van der Waals surface area contributed by atoms with Crippen LogP contribution in [0.15, 0.2) is 42.5 Å². The summed E-state index contributed by atoms with van der Waals surface area (Å²) in [5.74, 6) is 1.11. The Kier molecular flexibility index (Phi) is 11.2. The predicted molar refractivity (Wildman–Crippen MR) is 130 cm³/mol. The van der Waals surface area contributed by atoms with Crippen molar-refractivity contribution in [2.75, 3.05) is 39.4 Å². The van der Waals surface area contributed by atoms with Crippen LogP contribution in [0, 0.1) is 0 Å². The van der Waals surface area contributed by atoms with Gasteiger partial charge in [-0.2, -0.15) is 11.8 Å². The summed E-state index contributed by atoms with van der Waals surface area (Å²) in [6, 6.07) is 11.0. The van der Waals surface area contributed by atoms with Crippen LogP contribution in [0.2, 0.25) is 5.02 Å². The van der Waals surface area contributed by atoms with Crippen molar-refractivity contribution in [3.8, 4) is 17.2 Å². The Morgan fingerprint density at radius 2 is 1.76 bits per heavy atom. The fourth-order valence-electron chi connectivity index (χ4n) is 2.93. The number of aliphatic hydroxyl groups excluding tert-OH is 1. The van der Waals surface area contributed by atoms with E-state index < -0.39 is 24.0 Å². The molecular weight excluding hydrogens is 468 g/mol. The van der Waals surface area contributed by atoms with Gasteiger partial charge in [0.25, 0.3) is 5.91 Å². The summed E-state index contributed by atoms with van der Waals surface area (Å²) in [5, 5.41) is 16.0. The first-order chi connectivity index (χ1) is 15.9. The Labute approximate surface area is 202 Å². The number of thioether (sulfide) groups is 1. The first-order valence-electron chi connectivity index (χ1n) is 10.2. The number of benzene rings is 2. The van der Waals surface area contributed by atoms with Crippen molar-refractivity contribution in [2.24, 2.45) is 0 Å². The second kappa shape index (κ2) is 13.8. The van der Waals surface area contributed by atoms with E-state index in [1.807, 2.05) is 6.26 Å². The SMILES string of the molecule is COc1cccc(OC)c1OCC(O)CNC(=O)C(CCSC)NC(=O)c1ccccc1Cl. The molecule has 2 amide bonds. The molecule has 2 atom stereocenters. The molecule has 3 N–H and O–H groups in total. The number of halogens is 1. The quantitative estimate of drug-likeness (QED) is 0.391. The highest BCUT2D eigenvalue weighted by Gasteiger charge is 2.23. The summed E-state index contributed by atoms with van der Waals surface area (Å²) >= 11 is 7.65. The molecule has 2 aromatic rings. The van der Waals surface area contributed by atoms with E-state index in [4.69, 9.17) is 25.8 Å². The van der Waals surface area contributed by atoms with Crippen LogP contribution in [0.4, 0.5) is 0 Å². The van der Waals surface area contributed by atoms with Crippen molar-refractivity contribution in [1.29, 1.82) is 0 Å². The van der Waals surface area contributed by atoms with Crippen LogP contribution in [-0.2, 0) is 4.79 Å². The lowest BCUT2D eigenvalue weighted by molar-refractivity contribution is -0.123. The summed E-state index contributed by atoms with van der Waals surface area (Å²) in [6.07, 6.45) is 1.34. The summed E-state index contributed by atoms with van der Waals surface area (Å²) in [5.41, 5.74) is 0.292. The largest absolute Gasteiger partial charge is 0.493 e. The fraction of sp³-hybridized carbons (Fsp3) is 0.391. The van der Waals surface area contributed by atoms with Crippen molar-refractivity contribution in [3.63, 3.8) is 0 Å². The monoisotopic (exact) mass is 496 g/mol. The van der Waals surface area contributed by atoms with Gasteiger partial charge in [0.2, 0.25) is 11.7 Å². The lowest BCUT2D eigenvalue weighted by Gasteiger charge is -2.20. The number of hydrogen-bond acceptors (Lipinski definition) is 7. The Bertz CT molecular complexity index is 907. The molecule has 33 heavy (non-hydrogen) atoms. The van der Waals surface area contributed by atoms with Crippen molar-refractivity contribution >= 4 is 35.2 Å². The number of methoxy groups -OCH3 is 2. The van der Waals surface area contributed by atoms with Gasteiger partial charge in [-0.15, -0.1) is 0 Å². The van der Waals surface area contributed by atoms with Gasteiger partial charge >= 0.3 is 0 Å². The van der Waals surface area contributed by atoms with E-state index in [-0.39, 0.29) is 13.2 Å². The normalized spacial score (nSPS) is 12.4. The molecule has 2 unspecified atom stereocenters. The third kappa shape index (κ3) is 8.03. The van der Waals surface area contributed by atoms with Gasteiger partial charge in [-0.25, -0.2) is 0 Å². The van der Waals surface area contributed by atoms with E-state index >= 15 is 0 Å². The number of ether oxygens (including phenoxy) is 3. The molecule has 0 bridgehead atoms. The van der Waals surface area contributed by atoms with E-state index in [0.717, 1.165) is 0 Å². The van der Waals surface area contributed by atoms with Crippen molar-refractivity contribution < 1.29 is 28.9 Å². The topological polar surface area (TPSA) is 106 Å². The Hall–Kier alpha value is -2.62. The molecule has 0 aliphatic rings. The highest BCUT2D eigenvalue weighted by atomic mass is 35.5. The van der Waals surface area contributed by atoms with E-state index in [9.17, 15) is 14.7 Å². The zero-order valence-electron chi connectivity index (χ0n) is 18.8. The van der Waals surface area contributed by atoms with Gasteiger partial charge in [0, 0.05) is 6.54 Å². The maximum atomic E-state index is 12.7. The van der Waals surface area contributed by atoms with Crippen LogP contribution >= 0.6 is 23.4 Å². The van der Waals surface area contributed by atoms with Gasteiger partial charge in [0.15, 0.2) is 11.5 Å². The van der Waals surface area contributed by atoms with E-state index in [1.54, 1.807) is 54.2 Å². The number of carbonyl (C=O) groups excluding carboxylic acids is 2. The second-order valence-corrected chi connectivity index (χ2v) is 8.38. The lowest BCUT2D eigenvalue weighted by Crippen LogP contribution is -2.49. The molecule has 2 aromatic carbocycles. The van der Waals surface area contributed by atoms with Gasteiger partial charge in [-0.05, 0) is 42.7 Å². The average Bonchev–Trinajstić information content (AvgIpc) is 2.83. The number of amides is 2. The second-order valence-electron chi connectivity index (χ2n) is 6.99. The van der Waals surface area contributed by atoms with Crippen LogP contribution in [0.25, 0.3) is 0 Å². The third-order valence-electron chi connectivity index (χ3n) is 4.67. The molecule has 0 saturated heterocycles. The number of nitrogens with one attached hydrogen (secondary N) is 2. The predicted octanol–water partition coefficient (Wildman–Crippen LogP) is 2.76. The minimum absolute atomic E-state index is 0.0615. The van der Waals surface area contributed by atoms with Gasteiger partial charge in [-0.1, -0.05) is 29.8 Å². The summed E-state index contributed by atoms with van der Waals surface area (Å²) in [7, 11) is 3.01. The number of rotatable bonds is 13. The number of para-hydroxylation sites is 1. The molecule has 0 fully saturated rings. The number of aliphatic hydroxyl groups is 1. The van der Waals surface area contributed by atoms with Crippen LogP contribution in [-0.4, -0.2) is 68.4 Å². The molecule has 0 spiro atoms. The molecule has 0 heterocycles. The van der Waals surface area contributed by atoms with E-state index in [2.05, 4.69) is 10.6 Å². The van der Waals surface area contributed by atoms with Crippen LogP contribution in [0.5, 0.6) is 17.2 Å². The van der Waals surface area contributed by atoms with Crippen molar-refractivity contribution in [3.05, 3.63) is 53.1 Å². The van der Waals surface area contributed by atoms with Gasteiger partial charge in [-0.3, -0.25) is 9.59 Å². The zero-order valence-corrected chi connectivity index (χ0v) is 20.4. The molecule has 0 aliphatic heterocycles. The average molecular weight is 497 g/mol. The molecule has 8 nitrogen and oxygen atoms in total. The zero-order chi connectivity index (χ0) is 24.2. The Morgan fingerprint density at radius 1 is 1.09 bits per heavy atom. The first kappa shape index (κ1) is 26.6. The maximum absolute atomic E-state index is 12.7. The Morgan fingerprint density at radius 3 is 2.36 bits per heavy atom. The fourth-order valence-corrected chi connectivity index (χ4v) is 3.62. The van der Waals surface area contributed by atoms with Gasteiger partial charge in [0.1, 0.15) is 18.8 Å². The molecule has 0 aliphatic carbocycles. The van der Waals surface area contributed by atoms with E-state index in [0.29, 0.717) is 40.0 Å². The van der Waals surface area contributed by atoms with Gasteiger partial charge in [0.05, 0.1) is 24.8 Å². The van der Waals surface area contributed by atoms with E-state index in [1.165, 1.54) is 14.2 Å². The molecule has 10 heteroatoms. The number of carbonyl (C=O) groups is 2. The molecule has 180 valence electrons. The molecule has 0 aromatic heterocycles. The standard InChI is InChI=1S/C23H29ClN2O6S/c1-30-19-9-6-10-20(31-2)21(19)32-14-15(27)13-25-23(29)18(11-12-33-3)26-22(28)16-7-4-5-8-17(16)24/h4-10,15,18,27H,11-14H2,1-3H3,(H,25,29)(H,26,28). The highest BCUT2D eigenvalue weighted by Crippen LogP contribution is 2.36. The maximum Gasteiger partial charge on any atom is 0.253 e. The molecule has 2 rings (SSSR count). The summed E-state index contributed by atoms with van der Waals surface area (Å²) in [6.45, 7) is -0.160. The molecule has 0 saturated carbocycles. The molecular formula is C23H29ClN2O6S. The summed E-state index contributed by atoms with van der Waals surface area (Å²) in [4.78, 5) is 25.3. The molecule has 0 radical (unpaired) electrons. The van der Waals surface area contributed by atoms with Gasteiger partial charge < -0.3 is 30.0 Å². The Balaban J connectivity index is 1.94. The van der Waals surface area contributed by atoms with Crippen LogP contribution in [0.3, 0.4) is 0 Å². The third-order valence-corrected chi connectivity index (χ3v) is 5.64. The lowest BCUT2D eigenvalue weighted by atomic mass is 10.1. The first-order valence-corrected chi connectivity index (χ1v) is 12.0. The van der Waals surface area contributed by atoms with Crippen LogP contribution < -0.4 is 24.8 Å². The van der Waals surface area contributed by atoms with Crippen molar-refractivity contribution in [1.82, 2.24) is 10.6 Å². The number of hydrogen-bond donors (Lipinski definition) is 3. The minimum atomic E-state index is -0.996. The summed E-state index contributed by atoms with van der Waals surface area (Å²) < 4.78 is 16.2. The van der Waals surface area contributed by atoms with Crippen molar-refractivity contribution in [2.45, 2.75) is 18.6 Å².